The Balaban J connectivity index is 1.56. The molecule has 0 unspecified atom stereocenters. The zero-order valence-corrected chi connectivity index (χ0v) is 18.8. The number of ether oxygens (including phenoxy) is 2. The van der Waals surface area contributed by atoms with Gasteiger partial charge < -0.3 is 9.47 Å². The summed E-state index contributed by atoms with van der Waals surface area (Å²) in [6.45, 7) is 5.44. The molecule has 0 bridgehead atoms. The van der Waals surface area contributed by atoms with Crippen LogP contribution in [0.1, 0.15) is 20.8 Å². The summed E-state index contributed by atoms with van der Waals surface area (Å²) in [7, 11) is 0. The van der Waals surface area contributed by atoms with Gasteiger partial charge >= 0.3 is 6.09 Å². The Hall–Kier alpha value is -2.68. The number of nitrogens with zero attached hydrogens (tertiary/aromatic N) is 2. The zero-order chi connectivity index (χ0) is 21.3. The number of halogens is 1. The van der Waals surface area contributed by atoms with Gasteiger partial charge in [0.2, 0.25) is 0 Å². The number of fused-ring (bicyclic) bond motifs is 1. The number of hydrogen-bond donors (Lipinski definition) is 1. The van der Waals surface area contributed by atoms with E-state index in [1.54, 1.807) is 41.2 Å². The molecule has 4 rings (SSSR count). The first-order valence-corrected chi connectivity index (χ1v) is 11.1. The van der Waals surface area contributed by atoms with E-state index >= 15 is 0 Å². The van der Waals surface area contributed by atoms with Crippen LogP contribution in [0, 0.1) is 0 Å². The largest absolute Gasteiger partial charge is 0.455 e. The van der Waals surface area contributed by atoms with Crippen LogP contribution in [-0.2, 0) is 4.74 Å². The summed E-state index contributed by atoms with van der Waals surface area (Å²) in [4.78, 5) is 21.7. The van der Waals surface area contributed by atoms with Crippen LogP contribution in [0.25, 0.3) is 20.0 Å². The first-order valence-electron chi connectivity index (χ1n) is 9.04. The minimum absolute atomic E-state index is 0.456. The third-order valence-electron chi connectivity index (χ3n) is 3.80. The zero-order valence-electron chi connectivity index (χ0n) is 16.4. The molecule has 3 aromatic heterocycles. The summed E-state index contributed by atoms with van der Waals surface area (Å²) in [5.41, 5.74) is -0.568. The number of hydrogen-bond acceptors (Lipinski definition) is 7. The minimum atomic E-state index is -0.568. The molecular formula is C21H18ClN3O3S2. The molecule has 9 heteroatoms. The predicted octanol–water partition coefficient (Wildman–Crippen LogP) is 7.21. The van der Waals surface area contributed by atoms with E-state index in [0.29, 0.717) is 22.3 Å². The van der Waals surface area contributed by atoms with E-state index in [-0.39, 0.29) is 0 Å². The van der Waals surface area contributed by atoms with Gasteiger partial charge in [0.05, 0.1) is 15.8 Å². The van der Waals surface area contributed by atoms with E-state index in [0.717, 1.165) is 20.0 Å². The number of aromatic nitrogens is 2. The third-order valence-corrected chi connectivity index (χ3v) is 6.13. The molecular weight excluding hydrogens is 442 g/mol. The van der Waals surface area contributed by atoms with Crippen LogP contribution in [-0.4, -0.2) is 21.7 Å². The highest BCUT2D eigenvalue weighted by Gasteiger charge is 2.18. The molecule has 1 N–H and O–H groups in total. The number of carbonyl (C=O) groups is 1. The van der Waals surface area contributed by atoms with Crippen LogP contribution in [0.4, 0.5) is 10.6 Å². The Kier molecular flexibility index (Phi) is 5.64. The Morgan fingerprint density at radius 2 is 1.93 bits per heavy atom. The van der Waals surface area contributed by atoms with Crippen LogP contribution in [0.3, 0.4) is 0 Å². The summed E-state index contributed by atoms with van der Waals surface area (Å²) in [6.07, 6.45) is 2.95. The number of nitrogens with one attached hydrogen (secondary N) is 1. The lowest BCUT2D eigenvalue weighted by molar-refractivity contribution is 0.0635. The van der Waals surface area contributed by atoms with Gasteiger partial charge in [0, 0.05) is 22.0 Å². The predicted molar refractivity (Wildman–Crippen MR) is 122 cm³/mol. The average Bonchev–Trinajstić information content (AvgIpc) is 3.29. The van der Waals surface area contributed by atoms with E-state index in [1.807, 2.05) is 39.0 Å². The first-order chi connectivity index (χ1) is 14.3. The van der Waals surface area contributed by atoms with E-state index in [9.17, 15) is 4.79 Å². The minimum Gasteiger partial charge on any atom is -0.455 e. The van der Waals surface area contributed by atoms with Gasteiger partial charge in [0.25, 0.3) is 0 Å². The summed E-state index contributed by atoms with van der Waals surface area (Å²) in [6, 6.07) is 9.19. The maximum absolute atomic E-state index is 12.0. The fraction of sp³-hybridized carbons (Fsp3) is 0.190. The smallest absolute Gasteiger partial charge is 0.413 e. The fourth-order valence-electron chi connectivity index (χ4n) is 2.60. The monoisotopic (exact) mass is 459 g/mol. The van der Waals surface area contributed by atoms with Gasteiger partial charge in [-0.15, -0.1) is 22.7 Å². The lowest BCUT2D eigenvalue weighted by Gasteiger charge is -2.19. The standard InChI is InChI=1S/C21H18ClN3O3S2/c1-21(2,3)28-20(26)25-18-11-29-19(24-18)16-8-14-15(9-23-10-17(14)30-16)27-13-6-4-12(22)5-7-13/h4-11H,1-3H3,(H,25,26). The number of benzene rings is 1. The number of amides is 1. The third kappa shape index (κ3) is 4.89. The molecule has 0 aliphatic carbocycles. The molecule has 0 saturated carbocycles. The molecule has 0 radical (unpaired) electrons. The van der Waals surface area contributed by atoms with Gasteiger partial charge in [0.15, 0.2) is 5.75 Å². The fourth-order valence-corrected chi connectivity index (χ4v) is 4.59. The quantitative estimate of drug-likeness (QED) is 0.349. The molecule has 0 saturated heterocycles. The number of thiophene rings is 1. The van der Waals surface area contributed by atoms with Gasteiger partial charge in [-0.1, -0.05) is 11.6 Å². The van der Waals surface area contributed by atoms with Gasteiger partial charge in [0.1, 0.15) is 22.2 Å². The van der Waals surface area contributed by atoms with Crippen molar-refractivity contribution in [1.29, 1.82) is 0 Å². The highest BCUT2D eigenvalue weighted by Crippen LogP contribution is 2.40. The highest BCUT2D eigenvalue weighted by atomic mass is 35.5. The van der Waals surface area contributed by atoms with Crippen molar-refractivity contribution in [2.24, 2.45) is 0 Å². The Labute approximate surface area is 186 Å². The van der Waals surface area contributed by atoms with E-state index in [2.05, 4.69) is 15.3 Å². The number of carbonyl (C=O) groups excluding carboxylic acids is 1. The van der Waals surface area contributed by atoms with Crippen LogP contribution in [0.15, 0.2) is 48.1 Å². The molecule has 4 aromatic rings. The van der Waals surface area contributed by atoms with Crippen LogP contribution >= 0.6 is 34.3 Å². The van der Waals surface area contributed by atoms with E-state index in [4.69, 9.17) is 21.1 Å². The molecule has 0 spiro atoms. The summed E-state index contributed by atoms with van der Waals surface area (Å²) >= 11 is 8.94. The number of anilines is 1. The van der Waals surface area contributed by atoms with Crippen molar-refractivity contribution in [3.63, 3.8) is 0 Å². The lowest BCUT2D eigenvalue weighted by Crippen LogP contribution is -2.27. The van der Waals surface area contributed by atoms with E-state index < -0.39 is 11.7 Å². The van der Waals surface area contributed by atoms with Gasteiger partial charge in [-0.05, 0) is 51.1 Å². The second-order valence-corrected chi connectivity index (χ2v) is 9.76. The maximum Gasteiger partial charge on any atom is 0.413 e. The molecule has 6 nitrogen and oxygen atoms in total. The van der Waals surface area contributed by atoms with E-state index in [1.165, 1.54) is 11.3 Å². The second kappa shape index (κ2) is 8.22. The van der Waals surface area contributed by atoms with Crippen molar-refractivity contribution in [2.75, 3.05) is 5.32 Å². The van der Waals surface area contributed by atoms with Crippen molar-refractivity contribution in [2.45, 2.75) is 26.4 Å². The second-order valence-electron chi connectivity index (χ2n) is 7.38. The lowest BCUT2D eigenvalue weighted by atomic mass is 10.2. The van der Waals surface area contributed by atoms with Crippen molar-refractivity contribution >= 4 is 56.3 Å². The summed E-state index contributed by atoms with van der Waals surface area (Å²) in [5.74, 6) is 1.79. The molecule has 0 aliphatic heterocycles. The molecule has 1 aromatic carbocycles. The SMILES string of the molecule is CC(C)(C)OC(=O)Nc1csc(-c2cc3c(Oc4ccc(Cl)cc4)cncc3s2)n1. The molecule has 0 fully saturated rings. The van der Waals surface area contributed by atoms with Crippen molar-refractivity contribution in [1.82, 2.24) is 9.97 Å². The number of thiazole rings is 1. The normalized spacial score (nSPS) is 11.5. The first kappa shape index (κ1) is 20.6. The topological polar surface area (TPSA) is 73.3 Å². The molecule has 154 valence electrons. The van der Waals surface area contributed by atoms with Crippen LogP contribution in [0.2, 0.25) is 5.02 Å². The molecule has 0 atom stereocenters. The Bertz CT molecular complexity index is 1200. The Morgan fingerprint density at radius 1 is 1.17 bits per heavy atom. The average molecular weight is 460 g/mol. The molecule has 3 heterocycles. The van der Waals surface area contributed by atoms with Crippen molar-refractivity contribution in [3.05, 3.63) is 53.1 Å². The van der Waals surface area contributed by atoms with Crippen LogP contribution < -0.4 is 10.1 Å². The maximum atomic E-state index is 12.0. The van der Waals surface area contributed by atoms with Crippen LogP contribution in [0.5, 0.6) is 11.5 Å². The number of pyridine rings is 1. The van der Waals surface area contributed by atoms with Gasteiger partial charge in [-0.3, -0.25) is 10.3 Å². The van der Waals surface area contributed by atoms with Crippen molar-refractivity contribution < 1.29 is 14.3 Å². The molecule has 30 heavy (non-hydrogen) atoms. The van der Waals surface area contributed by atoms with Gasteiger partial charge in [-0.2, -0.15) is 0 Å². The summed E-state index contributed by atoms with van der Waals surface area (Å²) in [5, 5.41) is 6.83. The summed E-state index contributed by atoms with van der Waals surface area (Å²) < 4.78 is 12.2. The molecule has 0 aliphatic rings. The van der Waals surface area contributed by atoms with Gasteiger partial charge in [-0.25, -0.2) is 9.78 Å². The Morgan fingerprint density at radius 3 is 2.67 bits per heavy atom. The van der Waals surface area contributed by atoms with Crippen molar-refractivity contribution in [3.8, 4) is 21.4 Å². The molecule has 1 amide bonds. The highest BCUT2D eigenvalue weighted by molar-refractivity contribution is 7.25. The number of rotatable bonds is 4.